The van der Waals surface area contributed by atoms with Crippen LogP contribution in [0.2, 0.25) is 0 Å². The number of nitrogen functional groups attached to an aromatic ring is 1. The Morgan fingerprint density at radius 1 is 1.50 bits per heavy atom. The van der Waals surface area contributed by atoms with Crippen LogP contribution >= 0.6 is 0 Å². The van der Waals surface area contributed by atoms with Gasteiger partial charge in [-0.05, 0) is 43.2 Å². The second-order valence-corrected chi connectivity index (χ2v) is 5.46. The fraction of sp³-hybridized carbons (Fsp3) is 0.571. The molecule has 3 atom stereocenters. The lowest BCUT2D eigenvalue weighted by Crippen LogP contribution is -2.29. The second-order valence-electron chi connectivity index (χ2n) is 5.46. The first kappa shape index (κ1) is 12.9. The lowest BCUT2D eigenvalue weighted by atomic mass is 9.71. The summed E-state index contributed by atoms with van der Waals surface area (Å²) in [6.45, 7) is 4.13. The SMILES string of the molecule is Cc1cnc(N)c(C2CC(C)CCC2C(=O)O)c1. The Bertz CT molecular complexity index is 459. The number of rotatable bonds is 2. The predicted molar refractivity (Wildman–Crippen MR) is 70.3 cm³/mol. The molecule has 0 bridgehead atoms. The van der Waals surface area contributed by atoms with E-state index >= 15 is 0 Å². The molecule has 0 aliphatic heterocycles. The summed E-state index contributed by atoms with van der Waals surface area (Å²) in [7, 11) is 0. The lowest BCUT2D eigenvalue weighted by molar-refractivity contribution is -0.143. The van der Waals surface area contributed by atoms with Crippen LogP contribution in [0.15, 0.2) is 12.3 Å². The quantitative estimate of drug-likeness (QED) is 0.843. The summed E-state index contributed by atoms with van der Waals surface area (Å²) < 4.78 is 0. The standard InChI is InChI=1S/C14H20N2O2/c1-8-3-4-10(14(17)18)11(5-8)12-6-9(2)7-16-13(12)15/h6-8,10-11H,3-5H2,1-2H3,(H2,15,16)(H,17,18). The molecule has 2 rings (SSSR count). The van der Waals surface area contributed by atoms with Gasteiger partial charge in [-0.2, -0.15) is 0 Å². The zero-order valence-electron chi connectivity index (χ0n) is 10.9. The van der Waals surface area contributed by atoms with Crippen molar-refractivity contribution in [3.8, 4) is 0 Å². The predicted octanol–water partition coefficient (Wildman–Crippen LogP) is 2.58. The van der Waals surface area contributed by atoms with Crippen LogP contribution in [0.4, 0.5) is 5.82 Å². The maximum Gasteiger partial charge on any atom is 0.307 e. The minimum Gasteiger partial charge on any atom is -0.481 e. The van der Waals surface area contributed by atoms with Gasteiger partial charge in [0.05, 0.1) is 5.92 Å². The zero-order chi connectivity index (χ0) is 13.3. The molecule has 18 heavy (non-hydrogen) atoms. The van der Waals surface area contributed by atoms with Gasteiger partial charge in [-0.1, -0.05) is 13.0 Å². The molecule has 0 aromatic carbocycles. The number of nitrogens with two attached hydrogens (primary N) is 1. The average Bonchev–Trinajstić information content (AvgIpc) is 2.31. The molecule has 1 fully saturated rings. The van der Waals surface area contributed by atoms with Crippen LogP contribution in [-0.4, -0.2) is 16.1 Å². The number of carboxylic acid groups (broad SMARTS) is 1. The van der Waals surface area contributed by atoms with Crippen molar-refractivity contribution in [2.45, 2.75) is 39.0 Å². The van der Waals surface area contributed by atoms with Crippen molar-refractivity contribution in [2.24, 2.45) is 11.8 Å². The summed E-state index contributed by atoms with van der Waals surface area (Å²) in [6, 6.07) is 1.99. The van der Waals surface area contributed by atoms with Gasteiger partial charge >= 0.3 is 5.97 Å². The summed E-state index contributed by atoms with van der Waals surface area (Å²) in [5.41, 5.74) is 7.86. The van der Waals surface area contributed by atoms with E-state index in [0.29, 0.717) is 11.7 Å². The van der Waals surface area contributed by atoms with Gasteiger partial charge in [0.15, 0.2) is 0 Å². The molecular weight excluding hydrogens is 228 g/mol. The largest absolute Gasteiger partial charge is 0.481 e. The fourth-order valence-corrected chi connectivity index (χ4v) is 2.92. The molecule has 4 nitrogen and oxygen atoms in total. The molecule has 0 radical (unpaired) electrons. The Labute approximate surface area is 107 Å². The topological polar surface area (TPSA) is 76.2 Å². The highest BCUT2D eigenvalue weighted by atomic mass is 16.4. The highest BCUT2D eigenvalue weighted by Crippen LogP contribution is 2.42. The smallest absolute Gasteiger partial charge is 0.307 e. The van der Waals surface area contributed by atoms with Crippen molar-refractivity contribution in [2.75, 3.05) is 5.73 Å². The monoisotopic (exact) mass is 248 g/mol. The van der Waals surface area contributed by atoms with Gasteiger partial charge in [-0.25, -0.2) is 4.98 Å². The third-order valence-electron chi connectivity index (χ3n) is 3.92. The van der Waals surface area contributed by atoms with Gasteiger partial charge in [-0.3, -0.25) is 4.79 Å². The first-order valence-electron chi connectivity index (χ1n) is 6.44. The van der Waals surface area contributed by atoms with Crippen LogP contribution < -0.4 is 5.73 Å². The molecule has 1 saturated carbocycles. The minimum absolute atomic E-state index is 0.00125. The number of carboxylic acids is 1. The lowest BCUT2D eigenvalue weighted by Gasteiger charge is -2.33. The number of anilines is 1. The van der Waals surface area contributed by atoms with E-state index in [1.807, 2.05) is 13.0 Å². The molecule has 0 spiro atoms. The molecule has 1 aromatic heterocycles. The molecule has 1 aliphatic carbocycles. The molecular formula is C14H20N2O2. The van der Waals surface area contributed by atoms with Gasteiger partial charge in [0, 0.05) is 12.1 Å². The number of hydrogen-bond acceptors (Lipinski definition) is 3. The number of aryl methyl sites for hydroxylation is 1. The van der Waals surface area contributed by atoms with Crippen LogP contribution in [-0.2, 0) is 4.79 Å². The van der Waals surface area contributed by atoms with Crippen LogP contribution in [0.3, 0.4) is 0 Å². The summed E-state index contributed by atoms with van der Waals surface area (Å²) in [4.78, 5) is 15.5. The zero-order valence-corrected chi connectivity index (χ0v) is 10.9. The van der Waals surface area contributed by atoms with Crippen molar-refractivity contribution < 1.29 is 9.90 Å². The Morgan fingerprint density at radius 2 is 2.22 bits per heavy atom. The number of carbonyl (C=O) groups is 1. The van der Waals surface area contributed by atoms with Crippen LogP contribution in [0.25, 0.3) is 0 Å². The summed E-state index contributed by atoms with van der Waals surface area (Å²) in [5.74, 6) is -0.0185. The highest BCUT2D eigenvalue weighted by Gasteiger charge is 2.35. The molecule has 1 aromatic rings. The maximum atomic E-state index is 11.4. The van der Waals surface area contributed by atoms with E-state index in [4.69, 9.17) is 5.73 Å². The van der Waals surface area contributed by atoms with E-state index in [2.05, 4.69) is 11.9 Å². The van der Waals surface area contributed by atoms with Crippen LogP contribution in [0, 0.1) is 18.8 Å². The van der Waals surface area contributed by atoms with Gasteiger partial charge in [0.1, 0.15) is 5.82 Å². The van der Waals surface area contributed by atoms with E-state index in [1.165, 1.54) is 0 Å². The van der Waals surface area contributed by atoms with E-state index in [-0.39, 0.29) is 11.8 Å². The molecule has 1 heterocycles. The number of aliphatic carboxylic acids is 1. The normalized spacial score (nSPS) is 28.0. The molecule has 0 saturated heterocycles. The van der Waals surface area contributed by atoms with Crippen molar-refractivity contribution in [1.82, 2.24) is 4.98 Å². The molecule has 3 unspecified atom stereocenters. The Balaban J connectivity index is 2.37. The first-order valence-corrected chi connectivity index (χ1v) is 6.44. The fourth-order valence-electron chi connectivity index (χ4n) is 2.92. The van der Waals surface area contributed by atoms with E-state index in [0.717, 1.165) is 30.4 Å². The van der Waals surface area contributed by atoms with Crippen molar-refractivity contribution >= 4 is 11.8 Å². The van der Waals surface area contributed by atoms with Crippen LogP contribution in [0.1, 0.15) is 43.2 Å². The maximum absolute atomic E-state index is 11.4. The Kier molecular flexibility index (Phi) is 3.55. The second kappa shape index (κ2) is 4.96. The van der Waals surface area contributed by atoms with Gasteiger partial charge in [0.2, 0.25) is 0 Å². The van der Waals surface area contributed by atoms with E-state index in [9.17, 15) is 9.90 Å². The summed E-state index contributed by atoms with van der Waals surface area (Å²) >= 11 is 0. The van der Waals surface area contributed by atoms with Gasteiger partial charge < -0.3 is 10.8 Å². The van der Waals surface area contributed by atoms with E-state index < -0.39 is 5.97 Å². The van der Waals surface area contributed by atoms with Crippen molar-refractivity contribution in [3.05, 3.63) is 23.4 Å². The summed E-state index contributed by atoms with van der Waals surface area (Å²) in [5, 5.41) is 9.36. The van der Waals surface area contributed by atoms with Crippen molar-refractivity contribution in [3.63, 3.8) is 0 Å². The molecule has 4 heteroatoms. The highest BCUT2D eigenvalue weighted by molar-refractivity contribution is 5.72. The Morgan fingerprint density at radius 3 is 2.89 bits per heavy atom. The average molecular weight is 248 g/mol. The first-order chi connectivity index (χ1) is 8.49. The number of pyridine rings is 1. The third kappa shape index (κ3) is 2.47. The van der Waals surface area contributed by atoms with Crippen LogP contribution in [0.5, 0.6) is 0 Å². The molecule has 1 aliphatic rings. The number of hydrogen-bond donors (Lipinski definition) is 2. The molecule has 3 N–H and O–H groups in total. The minimum atomic E-state index is -0.715. The van der Waals surface area contributed by atoms with E-state index in [1.54, 1.807) is 6.20 Å². The summed E-state index contributed by atoms with van der Waals surface area (Å²) in [6.07, 6.45) is 4.31. The van der Waals surface area contributed by atoms with Crippen molar-refractivity contribution in [1.29, 1.82) is 0 Å². The number of nitrogens with zero attached hydrogens (tertiary/aromatic N) is 1. The Hall–Kier alpha value is -1.58. The molecule has 0 amide bonds. The molecule has 98 valence electrons. The van der Waals surface area contributed by atoms with Gasteiger partial charge in [-0.15, -0.1) is 0 Å². The van der Waals surface area contributed by atoms with Gasteiger partial charge in [0.25, 0.3) is 0 Å². The third-order valence-corrected chi connectivity index (χ3v) is 3.92. The number of aromatic nitrogens is 1.